The van der Waals surface area contributed by atoms with Crippen LogP contribution in [0.15, 0.2) is 42.5 Å². The first-order chi connectivity index (χ1) is 18.1. The maximum Gasteiger partial charge on any atom is 0.416 e. The van der Waals surface area contributed by atoms with Crippen molar-refractivity contribution in [2.45, 2.75) is 31.7 Å². The number of urea groups is 1. The number of pyridine rings is 1. The first-order valence-electron chi connectivity index (χ1n) is 11.9. The van der Waals surface area contributed by atoms with Crippen LogP contribution in [0, 0.1) is 6.92 Å². The second-order valence-corrected chi connectivity index (χ2v) is 9.13. The Hall–Kier alpha value is -3.97. The number of nitrogens with one attached hydrogen (secondary N) is 1. The van der Waals surface area contributed by atoms with E-state index < -0.39 is 30.5 Å². The van der Waals surface area contributed by atoms with E-state index in [0.717, 1.165) is 12.1 Å². The van der Waals surface area contributed by atoms with Crippen LogP contribution in [-0.2, 0) is 6.18 Å². The van der Waals surface area contributed by atoms with Gasteiger partial charge in [0.2, 0.25) is 11.8 Å². The van der Waals surface area contributed by atoms with Gasteiger partial charge in [-0.25, -0.2) is 14.8 Å². The number of amides is 2. The Balaban J connectivity index is 1.44. The zero-order valence-corrected chi connectivity index (χ0v) is 20.3. The number of aliphatic hydroxyl groups excluding tert-OH is 2. The molecule has 4 heterocycles. The number of hydrogen-bond acceptors (Lipinski definition) is 8. The number of nitrogens with zero attached hydrogens (tertiary/aromatic N) is 5. The number of carbonyl (C=O) groups excluding carboxylic acids is 1. The van der Waals surface area contributed by atoms with Crippen molar-refractivity contribution in [2.75, 3.05) is 41.4 Å². The molecule has 1 saturated heterocycles. The third-order valence-electron chi connectivity index (χ3n) is 6.34. The van der Waals surface area contributed by atoms with E-state index in [1.54, 1.807) is 25.1 Å². The van der Waals surface area contributed by atoms with Crippen LogP contribution in [0.4, 0.5) is 35.4 Å². The maximum atomic E-state index is 13.5. The molecule has 0 saturated carbocycles. The smallest absolute Gasteiger partial charge is 0.416 e. The molecule has 2 amide bonds. The molecule has 0 spiro atoms. The van der Waals surface area contributed by atoms with E-state index in [-0.39, 0.29) is 30.0 Å². The molecular weight excluding hydrogens is 505 g/mol. The molecule has 0 radical (unpaired) electrons. The number of ether oxygens (including phenoxy) is 1. The Morgan fingerprint density at radius 3 is 2.79 bits per heavy atom. The van der Waals surface area contributed by atoms with Crippen LogP contribution >= 0.6 is 0 Å². The standard InChI is InChI=1S/C25H25F3N6O4/c1-14-9-21(38-13-18(36)12-35)31-23(29-14)32-24(37)34-17-7-8-33(11-17)20-6-5-19(30-22(20)34)15-3-2-4-16(10-15)25(26,27)28/h2-6,9-10,17-18,35-36H,7-8,11-13H2,1H3,(H,29,31,32,37)/t17-,18?/m0/s1. The quantitative estimate of drug-likeness (QED) is 0.444. The number of aryl methyl sites for hydroxylation is 1. The second-order valence-electron chi connectivity index (χ2n) is 9.13. The average Bonchev–Trinajstić information content (AvgIpc) is 3.30. The molecule has 3 aromatic rings. The topological polar surface area (TPSA) is 124 Å². The van der Waals surface area contributed by atoms with E-state index in [2.05, 4.69) is 25.2 Å². The van der Waals surface area contributed by atoms with Gasteiger partial charge in [0.15, 0.2) is 5.82 Å². The lowest BCUT2D eigenvalue weighted by atomic mass is 10.1. The Bertz CT molecular complexity index is 1350. The Morgan fingerprint density at radius 1 is 1.21 bits per heavy atom. The SMILES string of the molecule is Cc1cc(OCC(O)CO)nc(NC(=O)N2c3nc(-c4cccc(C(F)(F)F)c4)ccc3N3CC[C@H]2C3)n1. The van der Waals surface area contributed by atoms with Crippen molar-refractivity contribution in [1.82, 2.24) is 15.0 Å². The Morgan fingerprint density at radius 2 is 2.03 bits per heavy atom. The van der Waals surface area contributed by atoms with Gasteiger partial charge in [-0.2, -0.15) is 18.2 Å². The van der Waals surface area contributed by atoms with Crippen LogP contribution in [-0.4, -0.2) is 69.6 Å². The number of aromatic nitrogens is 3. The molecule has 38 heavy (non-hydrogen) atoms. The first kappa shape index (κ1) is 25.7. The van der Waals surface area contributed by atoms with E-state index in [1.807, 2.05) is 0 Å². The predicted molar refractivity (Wildman–Crippen MR) is 132 cm³/mol. The summed E-state index contributed by atoms with van der Waals surface area (Å²) in [5.74, 6) is 0.414. The van der Waals surface area contributed by atoms with Crippen LogP contribution in [0.5, 0.6) is 5.88 Å². The summed E-state index contributed by atoms with van der Waals surface area (Å²) in [5.41, 5.74) is 1.01. The molecule has 1 aromatic carbocycles. The molecule has 1 fully saturated rings. The summed E-state index contributed by atoms with van der Waals surface area (Å²) < 4.78 is 45.2. The summed E-state index contributed by atoms with van der Waals surface area (Å²) in [4.78, 5) is 30.1. The van der Waals surface area contributed by atoms with E-state index in [0.29, 0.717) is 42.4 Å². The van der Waals surface area contributed by atoms with Crippen LogP contribution in [0.2, 0.25) is 0 Å². The largest absolute Gasteiger partial charge is 0.475 e. The molecule has 200 valence electrons. The van der Waals surface area contributed by atoms with Crippen molar-refractivity contribution in [3.8, 4) is 17.1 Å². The molecule has 13 heteroatoms. The van der Waals surface area contributed by atoms with Crippen LogP contribution in [0.3, 0.4) is 0 Å². The third kappa shape index (κ3) is 5.20. The summed E-state index contributed by atoms with van der Waals surface area (Å²) in [6.45, 7) is 2.31. The minimum atomic E-state index is -4.49. The summed E-state index contributed by atoms with van der Waals surface area (Å²) in [5, 5.41) is 21.2. The van der Waals surface area contributed by atoms with Gasteiger partial charge < -0.3 is 19.8 Å². The highest BCUT2D eigenvalue weighted by Gasteiger charge is 2.40. The molecule has 1 unspecified atom stereocenters. The van der Waals surface area contributed by atoms with Gasteiger partial charge in [-0.15, -0.1) is 0 Å². The van der Waals surface area contributed by atoms with Crippen molar-refractivity contribution in [3.05, 3.63) is 53.7 Å². The van der Waals surface area contributed by atoms with Gasteiger partial charge in [0.25, 0.3) is 0 Å². The molecule has 2 aliphatic heterocycles. The van der Waals surface area contributed by atoms with Gasteiger partial charge in [0, 0.05) is 30.4 Å². The number of halogens is 3. The Kier molecular flexibility index (Phi) is 6.80. The number of anilines is 3. The van der Waals surface area contributed by atoms with Crippen molar-refractivity contribution in [2.24, 2.45) is 0 Å². The fourth-order valence-corrected chi connectivity index (χ4v) is 4.55. The summed E-state index contributed by atoms with van der Waals surface area (Å²) in [6, 6.07) is 9.09. The van der Waals surface area contributed by atoms with E-state index in [9.17, 15) is 23.1 Å². The highest BCUT2D eigenvalue weighted by molar-refractivity contribution is 6.04. The van der Waals surface area contributed by atoms with Gasteiger partial charge in [-0.3, -0.25) is 10.2 Å². The van der Waals surface area contributed by atoms with Gasteiger partial charge in [0.05, 0.1) is 29.6 Å². The number of fused-ring (bicyclic) bond motifs is 4. The number of hydrogen-bond donors (Lipinski definition) is 3. The van der Waals surface area contributed by atoms with Crippen LogP contribution in [0.25, 0.3) is 11.3 Å². The first-order valence-corrected chi connectivity index (χ1v) is 11.9. The molecule has 10 nitrogen and oxygen atoms in total. The molecular formula is C25H25F3N6O4. The fraction of sp³-hybridized carbons (Fsp3) is 0.360. The van der Waals surface area contributed by atoms with Gasteiger partial charge in [-0.05, 0) is 37.6 Å². The lowest BCUT2D eigenvalue weighted by Gasteiger charge is -2.35. The minimum absolute atomic E-state index is 0.0282. The zero-order chi connectivity index (χ0) is 27.0. The fourth-order valence-electron chi connectivity index (χ4n) is 4.55. The van der Waals surface area contributed by atoms with E-state index in [1.165, 1.54) is 17.0 Å². The van der Waals surface area contributed by atoms with Gasteiger partial charge in [0.1, 0.15) is 12.7 Å². The number of alkyl halides is 3. The second kappa shape index (κ2) is 10.1. The molecule has 0 aliphatic carbocycles. The maximum absolute atomic E-state index is 13.5. The highest BCUT2D eigenvalue weighted by atomic mass is 19.4. The molecule has 2 aliphatic rings. The van der Waals surface area contributed by atoms with Crippen LogP contribution in [0.1, 0.15) is 17.7 Å². The number of aliphatic hydroxyl groups is 2. The minimum Gasteiger partial charge on any atom is -0.475 e. The van der Waals surface area contributed by atoms with Gasteiger partial charge >= 0.3 is 12.2 Å². The monoisotopic (exact) mass is 530 g/mol. The van der Waals surface area contributed by atoms with Crippen molar-refractivity contribution in [1.29, 1.82) is 0 Å². The normalized spacial score (nSPS) is 17.3. The van der Waals surface area contributed by atoms with E-state index in [4.69, 9.17) is 9.84 Å². The van der Waals surface area contributed by atoms with Crippen molar-refractivity contribution in [3.63, 3.8) is 0 Å². The summed E-state index contributed by atoms with van der Waals surface area (Å²) in [6.07, 6.45) is -4.89. The summed E-state index contributed by atoms with van der Waals surface area (Å²) >= 11 is 0. The molecule has 2 atom stereocenters. The lowest BCUT2D eigenvalue weighted by Crippen LogP contribution is -2.48. The summed E-state index contributed by atoms with van der Waals surface area (Å²) in [7, 11) is 0. The molecule has 2 aromatic heterocycles. The van der Waals surface area contributed by atoms with Crippen LogP contribution < -0.4 is 19.9 Å². The predicted octanol–water partition coefficient (Wildman–Crippen LogP) is 3.23. The number of carbonyl (C=O) groups is 1. The van der Waals surface area contributed by atoms with Crippen molar-refractivity contribution < 1.29 is 32.9 Å². The van der Waals surface area contributed by atoms with Crippen molar-refractivity contribution >= 4 is 23.5 Å². The van der Waals surface area contributed by atoms with E-state index >= 15 is 0 Å². The number of benzene rings is 1. The third-order valence-corrected chi connectivity index (χ3v) is 6.34. The zero-order valence-electron chi connectivity index (χ0n) is 20.3. The van der Waals surface area contributed by atoms with Gasteiger partial charge in [-0.1, -0.05) is 12.1 Å². The lowest BCUT2D eigenvalue weighted by molar-refractivity contribution is -0.137. The highest BCUT2D eigenvalue weighted by Crippen LogP contribution is 2.41. The number of rotatable bonds is 6. The Labute approximate surface area is 215 Å². The molecule has 2 bridgehead atoms. The average molecular weight is 531 g/mol. The molecule has 3 N–H and O–H groups in total. The molecule has 5 rings (SSSR count).